The van der Waals surface area contributed by atoms with Crippen LogP contribution in [0.1, 0.15) is 16.7 Å². The van der Waals surface area contributed by atoms with Gasteiger partial charge in [-0.25, -0.2) is 0 Å². The van der Waals surface area contributed by atoms with Gasteiger partial charge >= 0.3 is 0 Å². The van der Waals surface area contributed by atoms with Crippen LogP contribution in [0, 0.1) is 0 Å². The minimum atomic E-state index is -5.14. The minimum Gasteiger partial charge on any atom is -0.504 e. The number of halogens is 4. The second-order valence-corrected chi connectivity index (χ2v) is 9.33. The van der Waals surface area contributed by atoms with Crippen molar-refractivity contribution in [3.05, 3.63) is 91.4 Å². The smallest absolute Gasteiger partial charge is 0.283 e. The van der Waals surface area contributed by atoms with Gasteiger partial charge in [-0.15, -0.1) is 0 Å². The highest BCUT2D eigenvalue weighted by Gasteiger charge is 2.53. The predicted molar refractivity (Wildman–Crippen MR) is 114 cm³/mol. The van der Waals surface area contributed by atoms with Gasteiger partial charge in [0.1, 0.15) is 0 Å². The van der Waals surface area contributed by atoms with Crippen molar-refractivity contribution in [2.45, 2.75) is 4.75 Å². The van der Waals surface area contributed by atoms with Gasteiger partial charge in [0.15, 0.2) is 16.2 Å². The minimum absolute atomic E-state index is 0.0450. The number of phenols is 2. The number of rotatable bonds is 4. The van der Waals surface area contributed by atoms with E-state index in [1.807, 2.05) is 0 Å². The summed E-state index contributed by atoms with van der Waals surface area (Å²) in [5.74, 6) is -1.49. The van der Waals surface area contributed by atoms with Crippen LogP contribution in [0.3, 0.4) is 0 Å². The first-order valence-corrected chi connectivity index (χ1v) is 10.8. The van der Waals surface area contributed by atoms with E-state index in [0.29, 0.717) is 5.02 Å². The van der Waals surface area contributed by atoms with Gasteiger partial charge in [-0.1, -0.05) is 58.5 Å². The highest BCUT2D eigenvalue weighted by Crippen LogP contribution is 2.53. The van der Waals surface area contributed by atoms with Crippen LogP contribution in [0.5, 0.6) is 11.5 Å². The van der Waals surface area contributed by atoms with E-state index >= 15 is 0 Å². The zero-order valence-electron chi connectivity index (χ0n) is 14.3. The van der Waals surface area contributed by atoms with Crippen molar-refractivity contribution >= 4 is 56.5 Å². The molecule has 0 aliphatic carbocycles. The van der Waals surface area contributed by atoms with Gasteiger partial charge in [0.25, 0.3) is 10.1 Å². The first-order valence-electron chi connectivity index (χ1n) is 7.89. The standard InChI is InChI=1S/C19H12Cl4O5S/c20-11-3-1-10(2-4-11)19(29(26,27)28,13-9-12(21)5-6-14(13)22)17-15(23)7-8-16(24)18(17)25/h1-9,24-25H,(H,26,27,28). The van der Waals surface area contributed by atoms with E-state index < -0.39 is 31.9 Å². The van der Waals surface area contributed by atoms with Crippen molar-refractivity contribution in [2.24, 2.45) is 0 Å². The maximum atomic E-state index is 13.0. The Kier molecular flexibility index (Phi) is 5.98. The molecule has 0 aliphatic rings. The molecule has 3 aromatic carbocycles. The van der Waals surface area contributed by atoms with Gasteiger partial charge < -0.3 is 10.2 Å². The molecule has 3 rings (SSSR count). The lowest BCUT2D eigenvalue weighted by molar-refractivity contribution is 0.394. The molecule has 152 valence electrons. The van der Waals surface area contributed by atoms with Crippen molar-refractivity contribution in [1.29, 1.82) is 0 Å². The Labute approximate surface area is 186 Å². The Morgan fingerprint density at radius 2 is 1.31 bits per heavy atom. The Hall–Kier alpha value is -1.67. The maximum Gasteiger partial charge on any atom is 0.283 e. The molecule has 0 aliphatic heterocycles. The highest BCUT2D eigenvalue weighted by molar-refractivity contribution is 7.87. The summed E-state index contributed by atoms with van der Waals surface area (Å²) in [6.07, 6.45) is 0. The summed E-state index contributed by atoms with van der Waals surface area (Å²) in [6.45, 7) is 0. The molecule has 0 radical (unpaired) electrons. The third kappa shape index (κ3) is 3.65. The molecule has 0 bridgehead atoms. The van der Waals surface area contributed by atoms with Crippen molar-refractivity contribution < 1.29 is 23.2 Å². The summed E-state index contributed by atoms with van der Waals surface area (Å²) in [4.78, 5) is 0. The Balaban J connectivity index is 2.65. The molecule has 0 amide bonds. The summed E-state index contributed by atoms with van der Waals surface area (Å²) in [5.41, 5.74) is -0.719. The maximum absolute atomic E-state index is 13.0. The number of benzene rings is 3. The van der Waals surface area contributed by atoms with Gasteiger partial charge in [-0.3, -0.25) is 4.55 Å². The first-order chi connectivity index (χ1) is 13.5. The molecule has 1 atom stereocenters. The molecule has 3 aromatic rings. The van der Waals surface area contributed by atoms with E-state index in [1.165, 1.54) is 48.5 Å². The van der Waals surface area contributed by atoms with Crippen molar-refractivity contribution in [3.63, 3.8) is 0 Å². The van der Waals surface area contributed by atoms with Gasteiger partial charge in [0, 0.05) is 26.2 Å². The third-order valence-electron chi connectivity index (χ3n) is 4.40. The molecule has 3 N–H and O–H groups in total. The number of hydrogen-bond acceptors (Lipinski definition) is 4. The second-order valence-electron chi connectivity index (χ2n) is 6.08. The van der Waals surface area contributed by atoms with Crippen LogP contribution in [0.25, 0.3) is 0 Å². The Bertz CT molecular complexity index is 1200. The molecule has 0 saturated carbocycles. The van der Waals surface area contributed by atoms with E-state index in [-0.39, 0.29) is 26.2 Å². The molecule has 29 heavy (non-hydrogen) atoms. The summed E-state index contributed by atoms with van der Waals surface area (Å²) in [6, 6.07) is 11.7. The van der Waals surface area contributed by atoms with Gasteiger partial charge in [-0.05, 0) is 48.0 Å². The lowest BCUT2D eigenvalue weighted by atomic mass is 9.83. The van der Waals surface area contributed by atoms with E-state index in [2.05, 4.69) is 0 Å². The van der Waals surface area contributed by atoms with E-state index in [1.54, 1.807) is 0 Å². The van der Waals surface area contributed by atoms with Crippen LogP contribution in [0.2, 0.25) is 20.1 Å². The van der Waals surface area contributed by atoms with Crippen LogP contribution in [0.4, 0.5) is 0 Å². The first kappa shape index (κ1) is 22.0. The lowest BCUT2D eigenvalue weighted by Gasteiger charge is -2.34. The van der Waals surface area contributed by atoms with Crippen molar-refractivity contribution in [2.75, 3.05) is 0 Å². The van der Waals surface area contributed by atoms with Crippen LogP contribution < -0.4 is 0 Å². The molecular weight excluding hydrogens is 482 g/mol. The van der Waals surface area contributed by atoms with Gasteiger partial charge in [-0.2, -0.15) is 8.42 Å². The normalized spacial score (nSPS) is 13.8. The SMILES string of the molecule is O=S(=O)(O)C(c1ccc(Cl)cc1)(c1cc(Cl)ccc1Cl)c1c(Cl)ccc(O)c1O. The quantitative estimate of drug-likeness (QED) is 0.239. The second kappa shape index (κ2) is 7.87. The fourth-order valence-electron chi connectivity index (χ4n) is 3.19. The zero-order chi connectivity index (χ0) is 21.6. The van der Waals surface area contributed by atoms with Crippen molar-refractivity contribution in [3.8, 4) is 11.5 Å². The molecule has 0 aromatic heterocycles. The molecule has 0 saturated heterocycles. The average molecular weight is 494 g/mol. The van der Waals surface area contributed by atoms with E-state index in [0.717, 1.165) is 6.07 Å². The van der Waals surface area contributed by atoms with Crippen molar-refractivity contribution in [1.82, 2.24) is 0 Å². The average Bonchev–Trinajstić information content (AvgIpc) is 2.64. The fourth-order valence-corrected chi connectivity index (χ4v) is 5.50. The Morgan fingerprint density at radius 1 is 0.759 bits per heavy atom. The van der Waals surface area contributed by atoms with Crippen LogP contribution in [0.15, 0.2) is 54.6 Å². The lowest BCUT2D eigenvalue weighted by Crippen LogP contribution is -2.39. The summed E-state index contributed by atoms with van der Waals surface area (Å²) < 4.78 is 33.9. The zero-order valence-corrected chi connectivity index (χ0v) is 18.1. The molecule has 0 spiro atoms. The number of hydrogen-bond donors (Lipinski definition) is 3. The summed E-state index contributed by atoms with van der Waals surface area (Å²) >= 11 is 24.6. The predicted octanol–water partition coefficient (Wildman–Crippen LogP) is 5.89. The molecule has 0 fully saturated rings. The monoisotopic (exact) mass is 492 g/mol. The largest absolute Gasteiger partial charge is 0.504 e. The molecule has 5 nitrogen and oxygen atoms in total. The third-order valence-corrected chi connectivity index (χ3v) is 6.97. The summed E-state index contributed by atoms with van der Waals surface area (Å²) in [5, 5.41) is 20.7. The molecule has 10 heteroatoms. The fraction of sp³-hybridized carbons (Fsp3) is 0.0526. The van der Waals surface area contributed by atoms with Crippen LogP contribution in [-0.4, -0.2) is 23.2 Å². The van der Waals surface area contributed by atoms with Crippen LogP contribution >= 0.6 is 46.4 Å². The van der Waals surface area contributed by atoms with Crippen LogP contribution in [-0.2, 0) is 14.9 Å². The summed E-state index contributed by atoms with van der Waals surface area (Å²) in [7, 11) is -5.14. The highest BCUT2D eigenvalue weighted by atomic mass is 35.5. The topological polar surface area (TPSA) is 94.8 Å². The molecule has 1 unspecified atom stereocenters. The number of phenolic OH excluding ortho intramolecular Hbond substituents is 2. The Morgan fingerprint density at radius 3 is 1.90 bits per heavy atom. The van der Waals surface area contributed by atoms with Gasteiger partial charge in [0.2, 0.25) is 0 Å². The molecular formula is C19H12Cl4O5S. The molecule has 0 heterocycles. The van der Waals surface area contributed by atoms with E-state index in [4.69, 9.17) is 46.4 Å². The van der Waals surface area contributed by atoms with Gasteiger partial charge in [0.05, 0.1) is 5.02 Å². The van der Waals surface area contributed by atoms with E-state index in [9.17, 15) is 23.2 Å². The number of aromatic hydroxyl groups is 2.